The van der Waals surface area contributed by atoms with E-state index in [4.69, 9.17) is 16.3 Å². The first kappa shape index (κ1) is 12.4. The van der Waals surface area contributed by atoms with Crippen molar-refractivity contribution in [1.29, 1.82) is 0 Å². The van der Waals surface area contributed by atoms with Crippen LogP contribution in [0.3, 0.4) is 0 Å². The average molecular weight is 281 g/mol. The number of ether oxygens (including phenoxy) is 1. The van der Waals surface area contributed by atoms with E-state index in [0.29, 0.717) is 5.15 Å². The molecular weight excluding hydrogens is 268 g/mol. The van der Waals surface area contributed by atoms with Crippen molar-refractivity contribution < 1.29 is 14.3 Å². The summed E-state index contributed by atoms with van der Waals surface area (Å²) in [5.74, 6) is -0.319. The van der Waals surface area contributed by atoms with Gasteiger partial charge in [-0.3, -0.25) is 9.59 Å². The first-order valence-corrected chi connectivity index (χ1v) is 6.56. The van der Waals surface area contributed by atoms with E-state index in [1.54, 1.807) is 12.3 Å². The van der Waals surface area contributed by atoms with Gasteiger partial charge in [0.05, 0.1) is 17.9 Å². The molecule has 1 aromatic heterocycles. The molecule has 5 nitrogen and oxygen atoms in total. The van der Waals surface area contributed by atoms with Gasteiger partial charge in [-0.25, -0.2) is 4.98 Å². The summed E-state index contributed by atoms with van der Waals surface area (Å²) >= 11 is 5.87. The summed E-state index contributed by atoms with van der Waals surface area (Å²) < 4.78 is 4.84. The zero-order valence-corrected chi connectivity index (χ0v) is 10.9. The Kier molecular flexibility index (Phi) is 2.93. The number of aromatic nitrogens is 1. The zero-order valence-electron chi connectivity index (χ0n) is 10.2. The number of halogens is 1. The van der Waals surface area contributed by atoms with E-state index < -0.39 is 5.41 Å². The number of hydrogen-bond donors (Lipinski definition) is 1. The highest BCUT2D eigenvalue weighted by Gasteiger charge is 2.52. The number of rotatable bonds is 3. The van der Waals surface area contributed by atoms with E-state index in [-0.39, 0.29) is 30.9 Å². The van der Waals surface area contributed by atoms with Gasteiger partial charge in [0.1, 0.15) is 11.8 Å². The molecule has 0 unspecified atom stereocenters. The Balaban J connectivity index is 1.74. The Morgan fingerprint density at radius 3 is 2.89 bits per heavy atom. The number of amides is 1. The van der Waals surface area contributed by atoms with E-state index in [2.05, 4.69) is 10.3 Å². The molecule has 1 amide bonds. The molecule has 0 spiro atoms. The van der Waals surface area contributed by atoms with Crippen LogP contribution in [0.1, 0.15) is 24.8 Å². The molecule has 1 aliphatic heterocycles. The van der Waals surface area contributed by atoms with E-state index >= 15 is 0 Å². The highest BCUT2D eigenvalue weighted by molar-refractivity contribution is 6.29. The summed E-state index contributed by atoms with van der Waals surface area (Å²) in [5.41, 5.74) is 0.383. The van der Waals surface area contributed by atoms with Crippen LogP contribution in [0.15, 0.2) is 18.3 Å². The van der Waals surface area contributed by atoms with Gasteiger partial charge in [0, 0.05) is 6.20 Å². The molecule has 19 heavy (non-hydrogen) atoms. The number of nitrogens with one attached hydrogen (secondary N) is 1. The molecule has 3 rings (SSSR count). The lowest BCUT2D eigenvalue weighted by molar-refractivity contribution is -0.138. The molecule has 1 saturated carbocycles. The zero-order chi connectivity index (χ0) is 13.5. The van der Waals surface area contributed by atoms with Crippen LogP contribution >= 0.6 is 11.6 Å². The Morgan fingerprint density at radius 2 is 2.32 bits per heavy atom. The summed E-state index contributed by atoms with van der Waals surface area (Å²) in [4.78, 5) is 27.3. The third kappa shape index (κ3) is 2.30. The Labute approximate surface area is 115 Å². The van der Waals surface area contributed by atoms with Crippen molar-refractivity contribution in [3.8, 4) is 0 Å². The molecule has 2 aliphatic rings. The van der Waals surface area contributed by atoms with Crippen molar-refractivity contribution in [2.24, 2.45) is 0 Å². The number of hydrogen-bond acceptors (Lipinski definition) is 4. The third-order valence-electron chi connectivity index (χ3n) is 3.66. The van der Waals surface area contributed by atoms with Crippen molar-refractivity contribution >= 4 is 23.5 Å². The molecule has 0 aromatic carbocycles. The fourth-order valence-corrected chi connectivity index (χ4v) is 2.57. The number of carbonyl (C=O) groups excluding carboxylic acids is 2. The van der Waals surface area contributed by atoms with Crippen LogP contribution in [-0.4, -0.2) is 29.5 Å². The molecule has 2 heterocycles. The Morgan fingerprint density at radius 1 is 1.53 bits per heavy atom. The average Bonchev–Trinajstić information content (AvgIpc) is 3.09. The molecule has 0 radical (unpaired) electrons. The standard InChI is InChI=1S/C13H13ClN2O3/c14-10-5-8(1-4-15-10)13(2-3-13)12(18)16-9-6-11(17)19-7-9/h1,4-5,9H,2-3,6-7H2,(H,16,18)/t9-/m0/s1. The molecular formula is C13H13ClN2O3. The summed E-state index contributed by atoms with van der Waals surface area (Å²) in [7, 11) is 0. The lowest BCUT2D eigenvalue weighted by Gasteiger charge is -2.18. The minimum Gasteiger partial charge on any atom is -0.463 e. The maximum atomic E-state index is 12.4. The monoisotopic (exact) mass is 280 g/mol. The van der Waals surface area contributed by atoms with Crippen LogP contribution in [0.2, 0.25) is 5.15 Å². The Bertz CT molecular complexity index is 542. The summed E-state index contributed by atoms with van der Waals surface area (Å²) in [5, 5.41) is 3.27. The van der Waals surface area contributed by atoms with Crippen LogP contribution < -0.4 is 5.32 Å². The third-order valence-corrected chi connectivity index (χ3v) is 3.86. The number of carbonyl (C=O) groups is 2. The molecule has 0 bridgehead atoms. The normalized spacial score (nSPS) is 23.8. The lowest BCUT2D eigenvalue weighted by Crippen LogP contribution is -2.41. The molecule has 1 aromatic rings. The van der Waals surface area contributed by atoms with Gasteiger partial charge >= 0.3 is 5.97 Å². The van der Waals surface area contributed by atoms with E-state index in [1.165, 1.54) is 0 Å². The summed E-state index contributed by atoms with van der Waals surface area (Å²) in [6.07, 6.45) is 3.44. The minimum atomic E-state index is -0.502. The van der Waals surface area contributed by atoms with Gasteiger partial charge in [-0.1, -0.05) is 11.6 Å². The van der Waals surface area contributed by atoms with Crippen molar-refractivity contribution in [1.82, 2.24) is 10.3 Å². The maximum absolute atomic E-state index is 12.4. The Hall–Kier alpha value is -1.62. The van der Waals surface area contributed by atoms with Crippen LogP contribution in [0.4, 0.5) is 0 Å². The first-order valence-electron chi connectivity index (χ1n) is 6.19. The van der Waals surface area contributed by atoms with Gasteiger partial charge in [0.15, 0.2) is 0 Å². The van der Waals surface area contributed by atoms with Crippen molar-refractivity contribution in [3.63, 3.8) is 0 Å². The van der Waals surface area contributed by atoms with Crippen molar-refractivity contribution in [2.75, 3.05) is 6.61 Å². The lowest BCUT2D eigenvalue weighted by atomic mass is 9.95. The van der Waals surface area contributed by atoms with Gasteiger partial charge in [0.25, 0.3) is 0 Å². The van der Waals surface area contributed by atoms with Gasteiger partial charge in [-0.15, -0.1) is 0 Å². The van der Waals surface area contributed by atoms with Crippen molar-refractivity contribution in [3.05, 3.63) is 29.0 Å². The molecule has 1 atom stereocenters. The molecule has 100 valence electrons. The van der Waals surface area contributed by atoms with E-state index in [9.17, 15) is 9.59 Å². The number of esters is 1. The van der Waals surface area contributed by atoms with Gasteiger partial charge in [-0.2, -0.15) is 0 Å². The predicted octanol–water partition coefficient (Wildman–Crippen LogP) is 1.20. The minimum absolute atomic E-state index is 0.0573. The molecule has 1 saturated heterocycles. The van der Waals surface area contributed by atoms with E-state index in [0.717, 1.165) is 18.4 Å². The van der Waals surface area contributed by atoms with Gasteiger partial charge in [0.2, 0.25) is 5.91 Å². The second-order valence-corrected chi connectivity index (χ2v) is 5.39. The largest absolute Gasteiger partial charge is 0.463 e. The molecule has 6 heteroatoms. The molecule has 2 fully saturated rings. The van der Waals surface area contributed by atoms with Crippen LogP contribution in [-0.2, 0) is 19.7 Å². The van der Waals surface area contributed by atoms with Crippen molar-refractivity contribution in [2.45, 2.75) is 30.7 Å². The predicted molar refractivity (Wildman–Crippen MR) is 67.7 cm³/mol. The van der Waals surface area contributed by atoms with Crippen LogP contribution in [0.25, 0.3) is 0 Å². The fraction of sp³-hybridized carbons (Fsp3) is 0.462. The van der Waals surface area contributed by atoms with Gasteiger partial charge in [-0.05, 0) is 30.5 Å². The topological polar surface area (TPSA) is 68.3 Å². The number of pyridine rings is 1. The highest BCUT2D eigenvalue weighted by atomic mass is 35.5. The molecule has 1 aliphatic carbocycles. The van der Waals surface area contributed by atoms with Gasteiger partial charge < -0.3 is 10.1 Å². The second-order valence-electron chi connectivity index (χ2n) is 5.01. The summed E-state index contributed by atoms with van der Waals surface area (Å²) in [6.45, 7) is 0.262. The number of nitrogens with zero attached hydrogens (tertiary/aromatic N) is 1. The second kappa shape index (κ2) is 4.49. The van der Waals surface area contributed by atoms with Crippen LogP contribution in [0, 0.1) is 0 Å². The quantitative estimate of drug-likeness (QED) is 0.667. The highest BCUT2D eigenvalue weighted by Crippen LogP contribution is 2.48. The van der Waals surface area contributed by atoms with E-state index in [1.807, 2.05) is 6.07 Å². The smallest absolute Gasteiger partial charge is 0.308 e. The SMILES string of the molecule is O=C1C[C@H](NC(=O)C2(c3ccnc(Cl)c3)CC2)CO1. The summed E-state index contributed by atoms with van der Waals surface area (Å²) in [6, 6.07) is 3.33. The van der Waals surface area contributed by atoms with Crippen LogP contribution in [0.5, 0.6) is 0 Å². The number of cyclic esters (lactones) is 1. The molecule has 1 N–H and O–H groups in total. The fourth-order valence-electron chi connectivity index (χ4n) is 2.40. The first-order chi connectivity index (χ1) is 9.10. The maximum Gasteiger partial charge on any atom is 0.308 e.